The van der Waals surface area contributed by atoms with E-state index in [1.54, 1.807) is 0 Å². The van der Waals surface area contributed by atoms with Crippen LogP contribution in [0.1, 0.15) is 55.3 Å². The van der Waals surface area contributed by atoms with Gasteiger partial charge in [-0.2, -0.15) is 0 Å². The van der Waals surface area contributed by atoms with E-state index in [9.17, 15) is 4.79 Å². The molecule has 1 amide bonds. The minimum absolute atomic E-state index is 0. The van der Waals surface area contributed by atoms with Gasteiger partial charge in [0.15, 0.2) is 0 Å². The molecule has 25 heavy (non-hydrogen) atoms. The van der Waals surface area contributed by atoms with Crippen LogP contribution in [0.3, 0.4) is 0 Å². The number of hydrogen-bond donors (Lipinski definition) is 1. The first-order chi connectivity index (χ1) is 11.7. The maximum Gasteiger partial charge on any atom is 0.253 e. The van der Waals surface area contributed by atoms with E-state index in [-0.39, 0.29) is 18.3 Å². The molecule has 5 heteroatoms. The zero-order chi connectivity index (χ0) is 16.8. The molecule has 1 saturated carbocycles. The Labute approximate surface area is 157 Å². The third-order valence-corrected chi connectivity index (χ3v) is 5.49. The van der Waals surface area contributed by atoms with Gasteiger partial charge in [0, 0.05) is 18.7 Å². The number of benzene rings is 1. The molecular weight excluding hydrogens is 336 g/mol. The van der Waals surface area contributed by atoms with Gasteiger partial charge in [0.1, 0.15) is 5.75 Å². The monoisotopic (exact) mass is 366 g/mol. The van der Waals surface area contributed by atoms with E-state index in [2.05, 4.69) is 5.32 Å². The largest absolute Gasteiger partial charge is 0.493 e. The summed E-state index contributed by atoms with van der Waals surface area (Å²) >= 11 is 0. The number of piperidine rings is 1. The zero-order valence-corrected chi connectivity index (χ0v) is 16.0. The molecule has 0 aromatic heterocycles. The second-order valence-corrected chi connectivity index (χ2v) is 7.24. The molecule has 4 nitrogen and oxygen atoms in total. The highest BCUT2D eigenvalue weighted by molar-refractivity contribution is 5.94. The van der Waals surface area contributed by atoms with Crippen molar-refractivity contribution < 1.29 is 9.53 Å². The zero-order valence-electron chi connectivity index (χ0n) is 15.2. The molecule has 0 spiro atoms. The summed E-state index contributed by atoms with van der Waals surface area (Å²) in [5.41, 5.74) is 0.751. The van der Waals surface area contributed by atoms with E-state index in [1.165, 1.54) is 32.1 Å². The summed E-state index contributed by atoms with van der Waals surface area (Å²) in [4.78, 5) is 14.5. The number of halogens is 1. The van der Waals surface area contributed by atoms with Gasteiger partial charge in [0.2, 0.25) is 0 Å². The molecule has 140 valence electrons. The Balaban J connectivity index is 0.00000225. The molecule has 0 atom stereocenters. The van der Waals surface area contributed by atoms with Gasteiger partial charge in [0.25, 0.3) is 5.91 Å². The number of carbonyl (C=O) groups excluding carboxylic acids is 1. The van der Waals surface area contributed by atoms with Crippen molar-refractivity contribution in [3.05, 3.63) is 29.8 Å². The first-order valence-corrected chi connectivity index (χ1v) is 9.45. The van der Waals surface area contributed by atoms with Crippen LogP contribution >= 0.6 is 12.4 Å². The van der Waals surface area contributed by atoms with E-state index < -0.39 is 0 Å². The van der Waals surface area contributed by atoms with Gasteiger partial charge < -0.3 is 15.0 Å². The van der Waals surface area contributed by atoms with Crippen LogP contribution in [0, 0.1) is 5.92 Å². The van der Waals surface area contributed by atoms with Crippen LogP contribution < -0.4 is 10.1 Å². The Bertz CT molecular complexity index is 523. The highest BCUT2D eigenvalue weighted by Gasteiger charge is 2.22. The minimum Gasteiger partial charge on any atom is -0.493 e. The summed E-state index contributed by atoms with van der Waals surface area (Å²) in [6.07, 6.45) is 8.69. The molecule has 3 rings (SSSR count). The Morgan fingerprint density at radius 3 is 2.36 bits per heavy atom. The van der Waals surface area contributed by atoms with Crippen molar-refractivity contribution in [3.8, 4) is 5.75 Å². The van der Waals surface area contributed by atoms with Crippen LogP contribution in [0.25, 0.3) is 0 Å². The van der Waals surface area contributed by atoms with E-state index in [0.717, 1.165) is 43.9 Å². The predicted molar refractivity (Wildman–Crippen MR) is 104 cm³/mol. The molecule has 0 radical (unpaired) electrons. The number of nitrogens with one attached hydrogen (secondary N) is 1. The van der Waals surface area contributed by atoms with E-state index in [1.807, 2.05) is 36.2 Å². The number of amides is 1. The summed E-state index contributed by atoms with van der Waals surface area (Å²) in [7, 11) is 1.92. The quantitative estimate of drug-likeness (QED) is 0.859. The van der Waals surface area contributed by atoms with E-state index in [0.29, 0.717) is 12.0 Å². The van der Waals surface area contributed by atoms with Crippen molar-refractivity contribution in [2.45, 2.75) is 51.0 Å². The maximum atomic E-state index is 12.6. The first kappa shape index (κ1) is 20.1. The topological polar surface area (TPSA) is 41.6 Å². The standard InChI is InChI=1S/C20H30N2O2.ClH/c1-22(18-11-13-21-14-12-18)20(23)17-7-9-19(10-8-17)24-15-16-5-3-2-4-6-16;/h7-10,16,18,21H,2-6,11-15H2,1H3;1H. The van der Waals surface area contributed by atoms with Crippen LogP contribution in [0.2, 0.25) is 0 Å². The second kappa shape index (κ2) is 10.0. The Morgan fingerprint density at radius 1 is 1.08 bits per heavy atom. The molecule has 0 bridgehead atoms. The predicted octanol–water partition coefficient (Wildman–Crippen LogP) is 3.89. The minimum atomic E-state index is 0. The van der Waals surface area contributed by atoms with Gasteiger partial charge in [-0.15, -0.1) is 12.4 Å². The van der Waals surface area contributed by atoms with E-state index >= 15 is 0 Å². The SMILES string of the molecule is CN(C(=O)c1ccc(OCC2CCCCC2)cc1)C1CCNCC1.Cl. The van der Waals surface area contributed by atoms with Crippen molar-refractivity contribution in [3.63, 3.8) is 0 Å². The Kier molecular flexibility index (Phi) is 8.04. The van der Waals surface area contributed by atoms with Gasteiger partial charge >= 0.3 is 0 Å². The number of hydrogen-bond acceptors (Lipinski definition) is 3. The molecule has 2 fully saturated rings. The summed E-state index contributed by atoms with van der Waals surface area (Å²) in [6.45, 7) is 2.80. The van der Waals surface area contributed by atoms with Gasteiger partial charge in [0.05, 0.1) is 6.61 Å². The molecule has 1 aromatic rings. The third kappa shape index (κ3) is 5.61. The molecule has 1 N–H and O–H groups in total. The summed E-state index contributed by atoms with van der Waals surface area (Å²) in [6, 6.07) is 8.02. The first-order valence-electron chi connectivity index (χ1n) is 9.45. The highest BCUT2D eigenvalue weighted by atomic mass is 35.5. The normalized spacial score (nSPS) is 19.1. The lowest BCUT2D eigenvalue weighted by atomic mass is 9.90. The summed E-state index contributed by atoms with van der Waals surface area (Å²) in [5.74, 6) is 1.69. The molecular formula is C20H31ClN2O2. The van der Waals surface area contributed by atoms with Crippen molar-refractivity contribution in [1.29, 1.82) is 0 Å². The summed E-state index contributed by atoms with van der Waals surface area (Å²) in [5, 5.41) is 3.34. The molecule has 0 unspecified atom stereocenters. The van der Waals surface area contributed by atoms with Crippen LogP contribution in [0.5, 0.6) is 5.75 Å². The van der Waals surface area contributed by atoms with Crippen LogP contribution in [-0.2, 0) is 0 Å². The lowest BCUT2D eigenvalue weighted by molar-refractivity contribution is 0.0703. The Morgan fingerprint density at radius 2 is 1.72 bits per heavy atom. The van der Waals surface area contributed by atoms with Crippen molar-refractivity contribution >= 4 is 18.3 Å². The lowest BCUT2D eigenvalue weighted by Gasteiger charge is -2.31. The number of rotatable bonds is 5. The lowest BCUT2D eigenvalue weighted by Crippen LogP contribution is -2.43. The average Bonchev–Trinajstić information content (AvgIpc) is 2.67. The molecule has 2 aliphatic rings. The molecule has 1 aliphatic heterocycles. The fourth-order valence-electron chi connectivity index (χ4n) is 3.83. The molecule has 1 aliphatic carbocycles. The average molecular weight is 367 g/mol. The number of nitrogens with zero attached hydrogens (tertiary/aromatic N) is 1. The van der Waals surface area contributed by atoms with Crippen LogP contribution in [0.4, 0.5) is 0 Å². The van der Waals surface area contributed by atoms with Crippen LogP contribution in [0.15, 0.2) is 24.3 Å². The maximum absolute atomic E-state index is 12.6. The fraction of sp³-hybridized carbons (Fsp3) is 0.650. The number of ether oxygens (including phenoxy) is 1. The molecule has 1 saturated heterocycles. The van der Waals surface area contributed by atoms with Gasteiger partial charge in [-0.25, -0.2) is 0 Å². The van der Waals surface area contributed by atoms with Gasteiger partial charge in [-0.1, -0.05) is 19.3 Å². The van der Waals surface area contributed by atoms with E-state index in [4.69, 9.17) is 4.74 Å². The van der Waals surface area contributed by atoms with Gasteiger partial charge in [-0.3, -0.25) is 4.79 Å². The highest BCUT2D eigenvalue weighted by Crippen LogP contribution is 2.25. The summed E-state index contributed by atoms with van der Waals surface area (Å²) < 4.78 is 5.92. The molecule has 1 heterocycles. The fourth-order valence-corrected chi connectivity index (χ4v) is 3.83. The Hall–Kier alpha value is -1.26. The van der Waals surface area contributed by atoms with Crippen molar-refractivity contribution in [2.24, 2.45) is 5.92 Å². The molecule has 1 aromatic carbocycles. The third-order valence-electron chi connectivity index (χ3n) is 5.49. The van der Waals surface area contributed by atoms with Gasteiger partial charge in [-0.05, 0) is 69.0 Å². The van der Waals surface area contributed by atoms with Crippen molar-refractivity contribution in [2.75, 3.05) is 26.7 Å². The van der Waals surface area contributed by atoms with Crippen LogP contribution in [-0.4, -0.2) is 43.6 Å². The second-order valence-electron chi connectivity index (χ2n) is 7.24. The van der Waals surface area contributed by atoms with Crippen molar-refractivity contribution in [1.82, 2.24) is 10.2 Å². The number of carbonyl (C=O) groups is 1. The smallest absolute Gasteiger partial charge is 0.253 e.